The number of morpholine rings is 1. The number of hydrogen-bond donors (Lipinski definition) is 2. The van der Waals surface area contributed by atoms with Gasteiger partial charge >= 0.3 is 12.2 Å². The lowest BCUT2D eigenvalue weighted by atomic mass is 10.0. The van der Waals surface area contributed by atoms with Gasteiger partial charge in [0.2, 0.25) is 0 Å². The second-order valence-electron chi connectivity index (χ2n) is 10.1. The van der Waals surface area contributed by atoms with Crippen molar-refractivity contribution in [2.75, 3.05) is 50.0 Å². The van der Waals surface area contributed by atoms with Crippen LogP contribution in [-0.4, -0.2) is 71.0 Å². The number of ether oxygens (including phenoxy) is 2. The number of nitrogens with one attached hydrogen (secondary N) is 2. The van der Waals surface area contributed by atoms with E-state index in [1.807, 2.05) is 28.8 Å². The highest BCUT2D eigenvalue weighted by molar-refractivity contribution is 7.23. The molecule has 14 heteroatoms. The van der Waals surface area contributed by atoms with Gasteiger partial charge in [0.05, 0.1) is 31.8 Å². The Kier molecular flexibility index (Phi) is 5.89. The second-order valence-corrected chi connectivity index (χ2v) is 11.1. The molecule has 0 radical (unpaired) electrons. The molecule has 3 aromatic heterocycles. The predicted molar refractivity (Wildman–Crippen MR) is 155 cm³/mol. The third-order valence-corrected chi connectivity index (χ3v) is 8.32. The van der Waals surface area contributed by atoms with E-state index in [-0.39, 0.29) is 37.6 Å². The summed E-state index contributed by atoms with van der Waals surface area (Å²) in [5.41, 5.74) is 0.863. The van der Waals surface area contributed by atoms with Crippen LogP contribution in [0.2, 0.25) is 0 Å². The monoisotopic (exact) mass is 616 g/mol. The Morgan fingerprint density at radius 1 is 1.12 bits per heavy atom. The highest BCUT2D eigenvalue weighted by atomic mass is 32.1. The van der Waals surface area contributed by atoms with E-state index >= 15 is 0 Å². The van der Waals surface area contributed by atoms with Crippen LogP contribution in [0.1, 0.15) is 24.1 Å². The van der Waals surface area contributed by atoms with Crippen molar-refractivity contribution in [3.05, 3.63) is 60.5 Å². The molecular weight excluding hydrogens is 585 g/mol. The van der Waals surface area contributed by atoms with Crippen molar-refractivity contribution < 1.29 is 37.4 Å². The molecule has 1 saturated heterocycles. The van der Waals surface area contributed by atoms with Crippen molar-refractivity contribution in [1.29, 1.82) is 0 Å². The van der Waals surface area contributed by atoms with Crippen molar-refractivity contribution in [1.82, 2.24) is 19.4 Å². The number of alkyl halides is 3. The van der Waals surface area contributed by atoms with Crippen LogP contribution in [0.5, 0.6) is 5.75 Å². The molecule has 2 amide bonds. The van der Waals surface area contributed by atoms with Crippen molar-refractivity contribution in [2.45, 2.75) is 24.4 Å². The molecule has 4 unspecified atom stereocenters. The fourth-order valence-electron chi connectivity index (χ4n) is 4.81. The molecule has 4 atom stereocenters. The van der Waals surface area contributed by atoms with Crippen molar-refractivity contribution in [2.24, 2.45) is 0 Å². The van der Waals surface area contributed by atoms with Gasteiger partial charge in [-0.2, -0.15) is 13.2 Å². The molecule has 1 aliphatic heterocycles. The Bertz CT molecular complexity index is 1920. The zero-order valence-electron chi connectivity index (χ0n) is 26.3. The molecule has 2 N–H and O–H groups in total. The van der Waals surface area contributed by atoms with Gasteiger partial charge in [0, 0.05) is 45.8 Å². The SMILES string of the molecule is [2H]C1OC([2H])C([2H])N(CCOc2ccc3c(c2)sc2nc(-c4ccc(NC(=O)Nc5cc(C6(C(F)(F)F)CC6)on5)cc4)cn23)C1[2H]. The smallest absolute Gasteiger partial charge is 0.401 e. The first kappa shape index (κ1) is 23.3. The molecule has 2 aromatic carbocycles. The summed E-state index contributed by atoms with van der Waals surface area (Å²) in [5, 5.41) is 8.58. The first-order valence-corrected chi connectivity index (χ1v) is 14.1. The van der Waals surface area contributed by atoms with E-state index in [9.17, 15) is 18.0 Å². The number of halogens is 3. The highest BCUT2D eigenvalue weighted by Gasteiger charge is 2.66. The fourth-order valence-corrected chi connectivity index (χ4v) is 5.84. The molecule has 2 aliphatic rings. The number of amides is 2. The molecule has 0 spiro atoms. The topological polar surface area (TPSA) is 106 Å². The molecule has 1 aliphatic carbocycles. The average Bonchev–Trinajstić information content (AvgIpc) is 3.38. The average molecular weight is 617 g/mol. The number of fused-ring (bicyclic) bond motifs is 3. The van der Waals surface area contributed by atoms with Gasteiger partial charge in [-0.1, -0.05) is 28.6 Å². The predicted octanol–water partition coefficient (Wildman–Crippen LogP) is 6.15. The number of imidazole rings is 1. The van der Waals surface area contributed by atoms with Crippen LogP contribution in [0.25, 0.3) is 26.4 Å². The van der Waals surface area contributed by atoms with Gasteiger partial charge in [-0.05, 0) is 43.2 Å². The van der Waals surface area contributed by atoms with Crippen LogP contribution in [0.15, 0.2) is 59.3 Å². The van der Waals surface area contributed by atoms with Crippen LogP contribution in [0.4, 0.5) is 29.5 Å². The lowest BCUT2D eigenvalue weighted by molar-refractivity contribution is -0.165. The van der Waals surface area contributed by atoms with Gasteiger partial charge in [0.25, 0.3) is 0 Å². The largest absolute Gasteiger partial charge is 0.492 e. The van der Waals surface area contributed by atoms with E-state index in [0.717, 1.165) is 26.8 Å². The van der Waals surface area contributed by atoms with E-state index in [2.05, 4.69) is 15.8 Å². The van der Waals surface area contributed by atoms with Gasteiger partial charge in [-0.3, -0.25) is 14.6 Å². The number of urea groups is 1. The van der Waals surface area contributed by atoms with E-state index in [1.54, 1.807) is 24.3 Å². The lowest BCUT2D eigenvalue weighted by Gasteiger charge is -2.26. The minimum absolute atomic E-state index is 0.0754. The fraction of sp³-hybridized carbons (Fsp3) is 0.345. The molecule has 0 bridgehead atoms. The third kappa shape index (κ3) is 5.53. The van der Waals surface area contributed by atoms with Gasteiger partial charge in [0.1, 0.15) is 17.8 Å². The summed E-state index contributed by atoms with van der Waals surface area (Å²) in [6.45, 7) is -4.17. The third-order valence-electron chi connectivity index (χ3n) is 7.30. The first-order chi connectivity index (χ1) is 22.4. The summed E-state index contributed by atoms with van der Waals surface area (Å²) < 4.78 is 90.3. The normalized spacial score (nSPS) is 25.1. The molecule has 10 nitrogen and oxygen atoms in total. The summed E-state index contributed by atoms with van der Waals surface area (Å²) in [4.78, 5) is 19.3. The summed E-state index contributed by atoms with van der Waals surface area (Å²) in [7, 11) is 0. The number of carbonyl (C=O) groups excluding carboxylic acids is 1. The Labute approximate surface area is 253 Å². The van der Waals surface area contributed by atoms with Gasteiger partial charge in [-0.15, -0.1) is 0 Å². The van der Waals surface area contributed by atoms with Crippen LogP contribution in [0, 0.1) is 0 Å². The standard InChI is InChI=1S/C29H27F3N6O4S/c30-29(31,32)28(7-8-28)24-16-25(36-42-24)35-26(39)33-19-3-1-18(2-4-19)21-17-38-22-6-5-20(15-23(22)43-27(38)34-21)41-14-11-37-9-12-40-13-10-37/h1-6,15-17H,7-14H2,(H2,33,35,36,39)/i9D,10D,12D,13D. The maximum atomic E-state index is 13.3. The number of benzene rings is 2. The number of rotatable bonds is 8. The second kappa shape index (κ2) is 10.8. The van der Waals surface area contributed by atoms with E-state index in [1.165, 1.54) is 16.2 Å². The van der Waals surface area contributed by atoms with E-state index < -0.39 is 43.8 Å². The molecule has 7 rings (SSSR count). The van der Waals surface area contributed by atoms with Crippen LogP contribution < -0.4 is 15.4 Å². The Morgan fingerprint density at radius 2 is 1.91 bits per heavy atom. The molecule has 1 saturated carbocycles. The van der Waals surface area contributed by atoms with E-state index in [0.29, 0.717) is 17.1 Å². The van der Waals surface area contributed by atoms with E-state index in [4.69, 9.17) is 24.5 Å². The van der Waals surface area contributed by atoms with Gasteiger partial charge in [-0.25, -0.2) is 9.78 Å². The van der Waals surface area contributed by atoms with Crippen molar-refractivity contribution in [3.8, 4) is 17.0 Å². The zero-order chi connectivity index (χ0) is 33.1. The van der Waals surface area contributed by atoms with Gasteiger partial charge in [0.15, 0.2) is 16.5 Å². The maximum absolute atomic E-state index is 13.3. The summed E-state index contributed by atoms with van der Waals surface area (Å²) in [5.74, 6) is 0.177. The number of carbonyl (C=O) groups is 1. The Balaban J connectivity index is 0.963. The molecule has 2 fully saturated rings. The molecule has 43 heavy (non-hydrogen) atoms. The van der Waals surface area contributed by atoms with Crippen molar-refractivity contribution in [3.63, 3.8) is 0 Å². The Hall–Kier alpha value is -4.14. The highest BCUT2D eigenvalue weighted by Crippen LogP contribution is 2.59. The number of hydrogen-bond acceptors (Lipinski definition) is 8. The number of nitrogens with zero attached hydrogens (tertiary/aromatic N) is 4. The number of aromatic nitrogens is 3. The first-order valence-electron chi connectivity index (χ1n) is 15.6. The minimum atomic E-state index is -4.45. The van der Waals surface area contributed by atoms with Crippen LogP contribution in [-0.2, 0) is 10.2 Å². The summed E-state index contributed by atoms with van der Waals surface area (Å²) in [6, 6.07) is 13.0. The zero-order valence-corrected chi connectivity index (χ0v) is 23.1. The Morgan fingerprint density at radius 3 is 2.65 bits per heavy atom. The molecule has 5 aromatic rings. The van der Waals surface area contributed by atoms with Crippen LogP contribution in [0.3, 0.4) is 0 Å². The molecule has 224 valence electrons. The van der Waals surface area contributed by atoms with Gasteiger partial charge < -0.3 is 19.3 Å². The van der Waals surface area contributed by atoms with Crippen LogP contribution >= 0.6 is 11.3 Å². The lowest BCUT2D eigenvalue weighted by Crippen LogP contribution is -2.38. The van der Waals surface area contributed by atoms with Crippen molar-refractivity contribution >= 4 is 44.1 Å². The maximum Gasteiger partial charge on any atom is 0.401 e. The number of anilines is 2. The number of thiazole rings is 1. The minimum Gasteiger partial charge on any atom is -0.492 e. The summed E-state index contributed by atoms with van der Waals surface area (Å²) >= 11 is 1.47. The quantitative estimate of drug-likeness (QED) is 0.215. The molecule has 4 heterocycles. The summed E-state index contributed by atoms with van der Waals surface area (Å²) in [6.07, 6.45) is -2.70. The molecular formula is C29H27F3N6O4S.